The maximum Gasteiger partial charge on any atom is 0.159 e. The standard InChI is InChI=1S/C10H6BrF2N3/c11-9-10(14)15-4-8(16-9)5-1-2-6(12)7(13)3-5/h1-4H,(H2,14,15). The van der Waals surface area contributed by atoms with E-state index in [0.29, 0.717) is 15.9 Å². The van der Waals surface area contributed by atoms with E-state index < -0.39 is 11.6 Å². The highest BCUT2D eigenvalue weighted by Crippen LogP contribution is 2.22. The number of halogens is 3. The summed E-state index contributed by atoms with van der Waals surface area (Å²) in [7, 11) is 0. The normalized spacial score (nSPS) is 10.4. The van der Waals surface area contributed by atoms with Gasteiger partial charge in [-0.25, -0.2) is 18.7 Å². The molecule has 0 amide bonds. The van der Waals surface area contributed by atoms with E-state index in [0.717, 1.165) is 12.1 Å². The Morgan fingerprint density at radius 2 is 1.94 bits per heavy atom. The van der Waals surface area contributed by atoms with Crippen LogP contribution in [0.15, 0.2) is 29.0 Å². The number of nitrogens with zero attached hydrogens (tertiary/aromatic N) is 2. The lowest BCUT2D eigenvalue weighted by Crippen LogP contribution is -1.96. The van der Waals surface area contributed by atoms with E-state index in [1.165, 1.54) is 12.3 Å². The second-order valence-electron chi connectivity index (χ2n) is 3.06. The fraction of sp³-hybridized carbons (Fsp3) is 0. The van der Waals surface area contributed by atoms with Gasteiger partial charge in [0.2, 0.25) is 0 Å². The summed E-state index contributed by atoms with van der Waals surface area (Å²) in [6.07, 6.45) is 1.40. The molecule has 0 bridgehead atoms. The van der Waals surface area contributed by atoms with Crippen molar-refractivity contribution in [1.82, 2.24) is 9.97 Å². The first-order valence-corrected chi connectivity index (χ1v) is 5.10. The van der Waals surface area contributed by atoms with Crippen LogP contribution in [0.25, 0.3) is 11.3 Å². The lowest BCUT2D eigenvalue weighted by atomic mass is 10.1. The minimum absolute atomic E-state index is 0.242. The van der Waals surface area contributed by atoms with E-state index in [-0.39, 0.29) is 5.82 Å². The quantitative estimate of drug-likeness (QED) is 0.877. The molecule has 2 N–H and O–H groups in total. The Morgan fingerprint density at radius 3 is 2.56 bits per heavy atom. The van der Waals surface area contributed by atoms with E-state index in [2.05, 4.69) is 25.9 Å². The summed E-state index contributed by atoms with van der Waals surface area (Å²) in [6, 6.07) is 3.52. The molecule has 0 fully saturated rings. The monoisotopic (exact) mass is 285 g/mol. The van der Waals surface area contributed by atoms with Crippen LogP contribution in [0.2, 0.25) is 0 Å². The highest BCUT2D eigenvalue weighted by molar-refractivity contribution is 9.10. The fourth-order valence-corrected chi connectivity index (χ4v) is 1.46. The highest BCUT2D eigenvalue weighted by Gasteiger charge is 2.07. The van der Waals surface area contributed by atoms with Crippen molar-refractivity contribution in [3.8, 4) is 11.3 Å². The summed E-state index contributed by atoms with van der Waals surface area (Å²) in [5, 5.41) is 0. The van der Waals surface area contributed by atoms with E-state index in [1.54, 1.807) is 0 Å². The van der Waals surface area contributed by atoms with Crippen LogP contribution in [-0.4, -0.2) is 9.97 Å². The third-order valence-corrected chi connectivity index (χ3v) is 2.55. The predicted molar refractivity (Wildman–Crippen MR) is 59.5 cm³/mol. The number of benzene rings is 1. The first-order chi connectivity index (χ1) is 7.58. The molecule has 1 aromatic heterocycles. The van der Waals surface area contributed by atoms with Crippen LogP contribution in [0, 0.1) is 11.6 Å². The van der Waals surface area contributed by atoms with Gasteiger partial charge in [-0.05, 0) is 34.1 Å². The molecule has 1 aromatic carbocycles. The van der Waals surface area contributed by atoms with Crippen molar-refractivity contribution >= 4 is 21.7 Å². The van der Waals surface area contributed by atoms with Crippen molar-refractivity contribution in [2.24, 2.45) is 0 Å². The second-order valence-corrected chi connectivity index (χ2v) is 3.81. The number of anilines is 1. The lowest BCUT2D eigenvalue weighted by Gasteiger charge is -2.03. The van der Waals surface area contributed by atoms with E-state index >= 15 is 0 Å². The second kappa shape index (κ2) is 4.13. The SMILES string of the molecule is Nc1ncc(-c2ccc(F)c(F)c2)nc1Br. The fourth-order valence-electron chi connectivity index (χ4n) is 1.17. The molecule has 82 valence electrons. The Morgan fingerprint density at radius 1 is 1.19 bits per heavy atom. The van der Waals surface area contributed by atoms with Crippen molar-refractivity contribution in [1.29, 1.82) is 0 Å². The zero-order valence-electron chi connectivity index (χ0n) is 7.92. The number of rotatable bonds is 1. The van der Waals surface area contributed by atoms with Crippen molar-refractivity contribution in [3.63, 3.8) is 0 Å². The Kier molecular flexibility index (Phi) is 2.82. The lowest BCUT2D eigenvalue weighted by molar-refractivity contribution is 0.509. The molecule has 0 saturated heterocycles. The number of hydrogen-bond acceptors (Lipinski definition) is 3. The average molecular weight is 286 g/mol. The minimum Gasteiger partial charge on any atom is -0.381 e. The molecule has 3 nitrogen and oxygen atoms in total. The van der Waals surface area contributed by atoms with E-state index in [9.17, 15) is 8.78 Å². The molecule has 0 radical (unpaired) electrons. The third-order valence-electron chi connectivity index (χ3n) is 1.97. The first kappa shape index (κ1) is 10.9. The molecule has 16 heavy (non-hydrogen) atoms. The van der Waals surface area contributed by atoms with Gasteiger partial charge in [-0.3, -0.25) is 0 Å². The molecule has 0 aliphatic rings. The smallest absolute Gasteiger partial charge is 0.159 e. The first-order valence-electron chi connectivity index (χ1n) is 4.31. The molecule has 0 aliphatic heterocycles. The van der Waals surface area contributed by atoms with Crippen molar-refractivity contribution < 1.29 is 8.78 Å². The van der Waals surface area contributed by atoms with Gasteiger partial charge in [-0.1, -0.05) is 0 Å². The van der Waals surface area contributed by atoms with Crippen molar-refractivity contribution in [2.45, 2.75) is 0 Å². The van der Waals surface area contributed by atoms with Crippen molar-refractivity contribution in [2.75, 3.05) is 5.73 Å². The Bertz CT molecular complexity index is 496. The molecule has 0 atom stereocenters. The van der Waals surface area contributed by atoms with Gasteiger partial charge < -0.3 is 5.73 Å². The highest BCUT2D eigenvalue weighted by atomic mass is 79.9. The van der Waals surface area contributed by atoms with Gasteiger partial charge in [0.15, 0.2) is 17.5 Å². The van der Waals surface area contributed by atoms with Crippen LogP contribution < -0.4 is 5.73 Å². The van der Waals surface area contributed by atoms with Gasteiger partial charge in [0, 0.05) is 5.56 Å². The van der Waals surface area contributed by atoms with Crippen LogP contribution in [0.1, 0.15) is 0 Å². The molecule has 0 spiro atoms. The zero-order chi connectivity index (χ0) is 11.7. The number of hydrogen-bond donors (Lipinski definition) is 1. The molecule has 6 heteroatoms. The summed E-state index contributed by atoms with van der Waals surface area (Å²) in [5.74, 6) is -1.58. The van der Waals surface area contributed by atoms with Crippen LogP contribution in [0.3, 0.4) is 0 Å². The molecule has 2 aromatic rings. The Balaban J connectivity index is 2.50. The van der Waals surface area contributed by atoms with Crippen LogP contribution in [0.5, 0.6) is 0 Å². The largest absolute Gasteiger partial charge is 0.381 e. The number of nitrogen functional groups attached to an aromatic ring is 1. The van der Waals surface area contributed by atoms with Gasteiger partial charge in [-0.2, -0.15) is 0 Å². The van der Waals surface area contributed by atoms with Gasteiger partial charge in [0.1, 0.15) is 4.60 Å². The molecule has 0 saturated carbocycles. The maximum atomic E-state index is 13.0. The minimum atomic E-state index is -0.924. The van der Waals surface area contributed by atoms with Gasteiger partial charge >= 0.3 is 0 Å². The van der Waals surface area contributed by atoms with E-state index in [4.69, 9.17) is 5.73 Å². The average Bonchev–Trinajstić information content (AvgIpc) is 2.26. The number of aromatic nitrogens is 2. The van der Waals surface area contributed by atoms with Gasteiger partial charge in [0.25, 0.3) is 0 Å². The van der Waals surface area contributed by atoms with Gasteiger partial charge in [0.05, 0.1) is 11.9 Å². The van der Waals surface area contributed by atoms with Crippen LogP contribution in [0.4, 0.5) is 14.6 Å². The van der Waals surface area contributed by atoms with Gasteiger partial charge in [-0.15, -0.1) is 0 Å². The van der Waals surface area contributed by atoms with Crippen molar-refractivity contribution in [3.05, 3.63) is 40.6 Å². The predicted octanol–water partition coefficient (Wildman–Crippen LogP) is 2.77. The Hall–Kier alpha value is -1.56. The summed E-state index contributed by atoms with van der Waals surface area (Å²) in [4.78, 5) is 7.91. The van der Waals surface area contributed by atoms with Crippen LogP contribution in [-0.2, 0) is 0 Å². The van der Waals surface area contributed by atoms with E-state index in [1.807, 2.05) is 0 Å². The summed E-state index contributed by atoms with van der Waals surface area (Å²) < 4.78 is 26.1. The maximum absolute atomic E-state index is 13.0. The molecule has 0 aliphatic carbocycles. The zero-order valence-corrected chi connectivity index (χ0v) is 9.50. The summed E-state index contributed by atoms with van der Waals surface area (Å²) in [5.41, 5.74) is 6.32. The molecular weight excluding hydrogens is 280 g/mol. The number of nitrogens with two attached hydrogens (primary N) is 1. The Labute approximate surface area is 98.5 Å². The topological polar surface area (TPSA) is 51.8 Å². The molecule has 1 heterocycles. The summed E-state index contributed by atoms with van der Waals surface area (Å²) >= 11 is 3.11. The summed E-state index contributed by atoms with van der Waals surface area (Å²) in [6.45, 7) is 0. The molecule has 0 unspecified atom stereocenters. The molecule has 2 rings (SSSR count). The molecular formula is C10H6BrF2N3. The van der Waals surface area contributed by atoms with Crippen LogP contribution >= 0.6 is 15.9 Å². The third kappa shape index (κ3) is 2.01.